The number of rotatable bonds is 0. The standard InChI is InChI=1S/C11H9N3/c12-11-13-6-9-8-4-2-1-3-7(8)5-10(9)14-11/h1-4,6H,5H2,(H2,12,13,14). The number of nitrogens with zero attached hydrogens (tertiary/aromatic N) is 2. The van der Waals surface area contributed by atoms with Crippen molar-refractivity contribution >= 4 is 5.95 Å². The highest BCUT2D eigenvalue weighted by molar-refractivity contribution is 5.74. The largest absolute Gasteiger partial charge is 0.368 e. The van der Waals surface area contributed by atoms with Crippen LogP contribution in [-0.4, -0.2) is 9.97 Å². The van der Waals surface area contributed by atoms with E-state index in [0.717, 1.165) is 17.7 Å². The van der Waals surface area contributed by atoms with Crippen molar-refractivity contribution in [1.82, 2.24) is 9.97 Å². The van der Waals surface area contributed by atoms with Crippen molar-refractivity contribution in [3.05, 3.63) is 41.7 Å². The van der Waals surface area contributed by atoms with Crippen molar-refractivity contribution in [1.29, 1.82) is 0 Å². The Kier molecular flexibility index (Phi) is 1.36. The lowest BCUT2D eigenvalue weighted by atomic mass is 10.1. The molecular weight excluding hydrogens is 174 g/mol. The van der Waals surface area contributed by atoms with Crippen molar-refractivity contribution in [2.45, 2.75) is 6.42 Å². The molecule has 0 aliphatic heterocycles. The zero-order valence-electron chi connectivity index (χ0n) is 7.57. The molecule has 14 heavy (non-hydrogen) atoms. The Morgan fingerprint density at radius 2 is 2.00 bits per heavy atom. The molecule has 0 saturated carbocycles. The van der Waals surface area contributed by atoms with Gasteiger partial charge in [0.05, 0.1) is 5.69 Å². The van der Waals surface area contributed by atoms with Gasteiger partial charge in [0.1, 0.15) is 0 Å². The SMILES string of the molecule is Nc1ncc2c(n1)Cc1ccccc1-2. The molecule has 1 aromatic heterocycles. The minimum Gasteiger partial charge on any atom is -0.368 e. The smallest absolute Gasteiger partial charge is 0.220 e. The molecular formula is C11H9N3. The highest BCUT2D eigenvalue weighted by Gasteiger charge is 2.19. The molecule has 0 atom stereocenters. The molecule has 0 radical (unpaired) electrons. The van der Waals surface area contributed by atoms with Crippen molar-refractivity contribution in [2.75, 3.05) is 5.73 Å². The predicted octanol–water partition coefficient (Wildman–Crippen LogP) is 1.63. The zero-order valence-corrected chi connectivity index (χ0v) is 7.57. The zero-order chi connectivity index (χ0) is 9.54. The van der Waals surface area contributed by atoms with Gasteiger partial charge in [-0.1, -0.05) is 24.3 Å². The van der Waals surface area contributed by atoms with E-state index in [4.69, 9.17) is 5.73 Å². The molecule has 2 N–H and O–H groups in total. The minimum atomic E-state index is 0.358. The maximum absolute atomic E-state index is 5.54. The first kappa shape index (κ1) is 7.50. The number of nitrogen functional groups attached to an aromatic ring is 1. The van der Waals surface area contributed by atoms with Crippen molar-refractivity contribution < 1.29 is 0 Å². The topological polar surface area (TPSA) is 51.8 Å². The van der Waals surface area contributed by atoms with Crippen LogP contribution in [0, 0.1) is 0 Å². The molecule has 0 amide bonds. The molecule has 0 spiro atoms. The van der Waals surface area contributed by atoms with Gasteiger partial charge in [-0.15, -0.1) is 0 Å². The quantitative estimate of drug-likeness (QED) is 0.576. The van der Waals surface area contributed by atoms with Crippen LogP contribution in [-0.2, 0) is 6.42 Å². The van der Waals surface area contributed by atoms with E-state index in [0.29, 0.717) is 5.95 Å². The summed E-state index contributed by atoms with van der Waals surface area (Å²) >= 11 is 0. The van der Waals surface area contributed by atoms with Crippen molar-refractivity contribution in [3.8, 4) is 11.1 Å². The maximum Gasteiger partial charge on any atom is 0.220 e. The summed E-state index contributed by atoms with van der Waals surface area (Å²) in [4.78, 5) is 8.25. The van der Waals surface area contributed by atoms with Gasteiger partial charge in [-0.25, -0.2) is 9.97 Å². The Balaban J connectivity index is 2.27. The van der Waals surface area contributed by atoms with E-state index in [1.54, 1.807) is 0 Å². The third-order valence-electron chi connectivity index (χ3n) is 2.55. The summed E-state index contributed by atoms with van der Waals surface area (Å²) < 4.78 is 0. The number of hydrogen-bond acceptors (Lipinski definition) is 3. The number of anilines is 1. The van der Waals surface area contributed by atoms with E-state index < -0.39 is 0 Å². The molecule has 1 aromatic carbocycles. The first-order valence-electron chi connectivity index (χ1n) is 4.54. The van der Waals surface area contributed by atoms with Crippen molar-refractivity contribution in [3.63, 3.8) is 0 Å². The van der Waals surface area contributed by atoms with Crippen molar-refractivity contribution in [2.24, 2.45) is 0 Å². The van der Waals surface area contributed by atoms with Gasteiger partial charge in [-0.2, -0.15) is 0 Å². The first-order chi connectivity index (χ1) is 6.84. The highest BCUT2D eigenvalue weighted by Crippen LogP contribution is 2.34. The van der Waals surface area contributed by atoms with E-state index >= 15 is 0 Å². The molecule has 3 rings (SSSR count). The Morgan fingerprint density at radius 3 is 2.93 bits per heavy atom. The third-order valence-corrected chi connectivity index (χ3v) is 2.55. The van der Waals surface area contributed by atoms with Gasteiger partial charge in [-0.05, 0) is 11.1 Å². The second kappa shape index (κ2) is 2.54. The van der Waals surface area contributed by atoms with Crippen LogP contribution in [0.15, 0.2) is 30.5 Å². The Hall–Kier alpha value is -1.90. The second-order valence-electron chi connectivity index (χ2n) is 3.42. The van der Waals surface area contributed by atoms with Crippen LogP contribution in [0.3, 0.4) is 0 Å². The summed E-state index contributed by atoms with van der Waals surface area (Å²) in [7, 11) is 0. The number of aromatic nitrogens is 2. The van der Waals surface area contributed by atoms with E-state index in [-0.39, 0.29) is 0 Å². The predicted molar refractivity (Wildman–Crippen MR) is 54.7 cm³/mol. The average Bonchev–Trinajstić information content (AvgIpc) is 2.54. The molecule has 0 bridgehead atoms. The fourth-order valence-corrected chi connectivity index (χ4v) is 1.91. The lowest BCUT2D eigenvalue weighted by Crippen LogP contribution is -1.97. The van der Waals surface area contributed by atoms with Crippen LogP contribution in [0.5, 0.6) is 0 Å². The number of nitrogens with two attached hydrogens (primary N) is 1. The summed E-state index contributed by atoms with van der Waals surface area (Å²) in [6.07, 6.45) is 2.68. The molecule has 3 nitrogen and oxygen atoms in total. The van der Waals surface area contributed by atoms with Gasteiger partial charge in [0.2, 0.25) is 5.95 Å². The summed E-state index contributed by atoms with van der Waals surface area (Å²) in [5, 5.41) is 0. The van der Waals surface area contributed by atoms with Crippen LogP contribution in [0.2, 0.25) is 0 Å². The monoisotopic (exact) mass is 183 g/mol. The highest BCUT2D eigenvalue weighted by atomic mass is 15.0. The fourth-order valence-electron chi connectivity index (χ4n) is 1.91. The van der Waals surface area contributed by atoms with Crippen LogP contribution in [0.1, 0.15) is 11.3 Å². The summed E-state index contributed by atoms with van der Waals surface area (Å²) in [5.74, 6) is 0.358. The molecule has 2 aromatic rings. The van der Waals surface area contributed by atoms with E-state index in [1.807, 2.05) is 18.3 Å². The molecule has 1 aliphatic carbocycles. The minimum absolute atomic E-state index is 0.358. The Morgan fingerprint density at radius 1 is 1.14 bits per heavy atom. The van der Waals surface area contributed by atoms with Gasteiger partial charge < -0.3 is 5.73 Å². The molecule has 0 unspecified atom stereocenters. The van der Waals surface area contributed by atoms with E-state index in [1.165, 1.54) is 11.1 Å². The Bertz CT molecular complexity index is 506. The summed E-state index contributed by atoms with van der Waals surface area (Å²) in [5.41, 5.74) is 10.3. The first-order valence-corrected chi connectivity index (χ1v) is 4.54. The average molecular weight is 183 g/mol. The van der Waals surface area contributed by atoms with Gasteiger partial charge in [0, 0.05) is 18.2 Å². The van der Waals surface area contributed by atoms with E-state index in [9.17, 15) is 0 Å². The lowest BCUT2D eigenvalue weighted by molar-refractivity contribution is 1.08. The normalized spacial score (nSPS) is 12.3. The number of fused-ring (bicyclic) bond motifs is 3. The van der Waals surface area contributed by atoms with Gasteiger partial charge in [-0.3, -0.25) is 0 Å². The Labute approximate surface area is 81.6 Å². The summed E-state index contributed by atoms with van der Waals surface area (Å²) in [6, 6.07) is 8.29. The summed E-state index contributed by atoms with van der Waals surface area (Å²) in [6.45, 7) is 0. The van der Waals surface area contributed by atoms with Gasteiger partial charge in [0.15, 0.2) is 0 Å². The molecule has 0 saturated heterocycles. The van der Waals surface area contributed by atoms with Crippen LogP contribution in [0.25, 0.3) is 11.1 Å². The van der Waals surface area contributed by atoms with E-state index in [2.05, 4.69) is 22.1 Å². The lowest BCUT2D eigenvalue weighted by Gasteiger charge is -1.98. The second-order valence-corrected chi connectivity index (χ2v) is 3.42. The number of hydrogen-bond donors (Lipinski definition) is 1. The van der Waals surface area contributed by atoms with Crippen LogP contribution >= 0.6 is 0 Å². The molecule has 1 aliphatic rings. The molecule has 68 valence electrons. The molecule has 3 heteroatoms. The maximum atomic E-state index is 5.54. The molecule has 1 heterocycles. The third kappa shape index (κ3) is 0.923. The van der Waals surface area contributed by atoms with Crippen LogP contribution in [0.4, 0.5) is 5.95 Å². The van der Waals surface area contributed by atoms with Crippen LogP contribution < -0.4 is 5.73 Å². The van der Waals surface area contributed by atoms with Gasteiger partial charge >= 0.3 is 0 Å². The van der Waals surface area contributed by atoms with Gasteiger partial charge in [0.25, 0.3) is 0 Å². The molecule has 0 fully saturated rings. The fraction of sp³-hybridized carbons (Fsp3) is 0.0909. The number of benzene rings is 1.